The number of aliphatic imine (C=N–C) groups is 1. The van der Waals surface area contributed by atoms with E-state index in [-0.39, 0.29) is 0 Å². The van der Waals surface area contributed by atoms with E-state index in [1.165, 1.54) is 5.57 Å². The van der Waals surface area contributed by atoms with Gasteiger partial charge in [-0.3, -0.25) is 4.79 Å². The van der Waals surface area contributed by atoms with Gasteiger partial charge < -0.3 is 4.74 Å². The third kappa shape index (κ3) is 5.34. The number of allylic oxidation sites excluding steroid dienone is 3. The molecule has 0 fully saturated rings. The molecule has 0 atom stereocenters. The first-order chi connectivity index (χ1) is 11.6. The van der Waals surface area contributed by atoms with Gasteiger partial charge in [-0.1, -0.05) is 37.1 Å². The van der Waals surface area contributed by atoms with Gasteiger partial charge in [-0.25, -0.2) is 4.99 Å². The zero-order valence-corrected chi connectivity index (χ0v) is 15.1. The van der Waals surface area contributed by atoms with E-state index in [1.807, 2.05) is 18.2 Å². The van der Waals surface area contributed by atoms with Gasteiger partial charge >= 0.3 is 0 Å². The van der Waals surface area contributed by atoms with Crippen LogP contribution in [-0.4, -0.2) is 11.1 Å². The molecular weight excluding hydrogens is 322 g/mol. The van der Waals surface area contributed by atoms with Crippen molar-refractivity contribution in [2.75, 3.05) is 0 Å². The lowest BCUT2D eigenvalue weighted by atomic mass is 9.98. The zero-order chi connectivity index (χ0) is 17.4. The van der Waals surface area contributed by atoms with Crippen LogP contribution in [0.1, 0.15) is 61.0 Å². The van der Waals surface area contributed by atoms with Crippen LogP contribution in [0.2, 0.25) is 0 Å². The fourth-order valence-corrected chi connectivity index (χ4v) is 2.82. The first-order valence-corrected chi connectivity index (χ1v) is 8.82. The molecule has 2 rings (SSSR count). The molecule has 0 N–H and O–H groups in total. The SMILES string of the molecule is CCCCc1cccc(C(=O)Cl)c1COC1=N/C=C\C=C(\C)CC1. The molecule has 3 nitrogen and oxygen atoms in total. The van der Waals surface area contributed by atoms with Crippen LogP contribution in [0.4, 0.5) is 0 Å². The number of halogens is 1. The molecule has 128 valence electrons. The number of carbonyl (C=O) groups is 1. The van der Waals surface area contributed by atoms with Gasteiger partial charge in [0, 0.05) is 23.7 Å². The molecule has 0 saturated carbocycles. The minimum Gasteiger partial charge on any atom is -0.476 e. The molecule has 0 aromatic heterocycles. The predicted molar refractivity (Wildman–Crippen MR) is 99.6 cm³/mol. The van der Waals surface area contributed by atoms with E-state index < -0.39 is 5.24 Å². The minimum absolute atomic E-state index is 0.323. The molecular formula is C20H24ClNO2. The minimum atomic E-state index is -0.440. The van der Waals surface area contributed by atoms with Crippen LogP contribution >= 0.6 is 11.6 Å². The summed E-state index contributed by atoms with van der Waals surface area (Å²) in [6, 6.07) is 5.69. The smallest absolute Gasteiger partial charge is 0.252 e. The molecule has 1 aromatic carbocycles. The Bertz CT molecular complexity index is 674. The number of aryl methyl sites for hydroxylation is 1. The Labute approximate surface area is 149 Å². The zero-order valence-electron chi connectivity index (χ0n) is 14.3. The van der Waals surface area contributed by atoms with Crippen molar-refractivity contribution in [2.24, 2.45) is 4.99 Å². The monoisotopic (exact) mass is 345 g/mol. The van der Waals surface area contributed by atoms with Gasteiger partial charge in [0.1, 0.15) is 6.61 Å². The van der Waals surface area contributed by atoms with Crippen LogP contribution in [0.3, 0.4) is 0 Å². The van der Waals surface area contributed by atoms with Crippen molar-refractivity contribution in [2.45, 2.75) is 52.6 Å². The Hall–Kier alpha value is -1.87. The average Bonchev–Trinajstić information content (AvgIpc) is 2.56. The number of rotatable bonds is 6. The van der Waals surface area contributed by atoms with Crippen molar-refractivity contribution in [1.29, 1.82) is 0 Å². The summed E-state index contributed by atoms with van der Waals surface area (Å²) >= 11 is 5.76. The van der Waals surface area contributed by atoms with Crippen LogP contribution in [0.5, 0.6) is 0 Å². The van der Waals surface area contributed by atoms with E-state index >= 15 is 0 Å². The summed E-state index contributed by atoms with van der Waals surface area (Å²) in [5, 5.41) is -0.440. The van der Waals surface area contributed by atoms with E-state index in [0.717, 1.165) is 43.2 Å². The Morgan fingerprint density at radius 2 is 2.17 bits per heavy atom. The number of hydrogen-bond acceptors (Lipinski definition) is 3. The van der Waals surface area contributed by atoms with E-state index in [2.05, 4.69) is 24.9 Å². The highest BCUT2D eigenvalue weighted by molar-refractivity contribution is 6.67. The van der Waals surface area contributed by atoms with E-state index in [4.69, 9.17) is 16.3 Å². The van der Waals surface area contributed by atoms with Gasteiger partial charge in [0.2, 0.25) is 0 Å². The van der Waals surface area contributed by atoms with Crippen LogP contribution in [0.25, 0.3) is 0 Å². The molecule has 1 aromatic rings. The van der Waals surface area contributed by atoms with Crippen molar-refractivity contribution in [3.05, 3.63) is 58.8 Å². The van der Waals surface area contributed by atoms with Crippen molar-refractivity contribution in [3.63, 3.8) is 0 Å². The molecule has 0 unspecified atom stereocenters. The number of carbonyl (C=O) groups excluding carboxylic acids is 1. The average molecular weight is 346 g/mol. The van der Waals surface area contributed by atoms with Gasteiger partial charge in [0.05, 0.1) is 0 Å². The Balaban J connectivity index is 2.17. The molecule has 0 spiro atoms. The number of ether oxygens (including phenoxy) is 1. The normalized spacial score (nSPS) is 18.0. The molecule has 24 heavy (non-hydrogen) atoms. The summed E-state index contributed by atoms with van der Waals surface area (Å²) in [7, 11) is 0. The maximum absolute atomic E-state index is 11.7. The lowest BCUT2D eigenvalue weighted by molar-refractivity contribution is 0.107. The summed E-state index contributed by atoms with van der Waals surface area (Å²) in [6.45, 7) is 4.57. The third-order valence-electron chi connectivity index (χ3n) is 4.09. The van der Waals surface area contributed by atoms with Crippen LogP contribution in [0.15, 0.2) is 47.1 Å². The lowest BCUT2D eigenvalue weighted by Gasteiger charge is -2.15. The first kappa shape index (κ1) is 18.5. The number of nitrogens with zero attached hydrogens (tertiary/aromatic N) is 1. The number of unbranched alkanes of at least 4 members (excludes halogenated alkanes) is 1. The maximum Gasteiger partial charge on any atom is 0.252 e. The van der Waals surface area contributed by atoms with Crippen LogP contribution < -0.4 is 0 Å². The Kier molecular flexibility index (Phi) is 7.26. The van der Waals surface area contributed by atoms with Gasteiger partial charge in [-0.2, -0.15) is 0 Å². The summed E-state index contributed by atoms with van der Waals surface area (Å²) in [5.41, 5.74) is 3.83. The van der Waals surface area contributed by atoms with E-state index in [9.17, 15) is 4.79 Å². The second-order valence-corrected chi connectivity index (χ2v) is 6.33. The van der Waals surface area contributed by atoms with Gasteiger partial charge in [0.15, 0.2) is 5.90 Å². The fourth-order valence-electron chi connectivity index (χ4n) is 2.64. The largest absolute Gasteiger partial charge is 0.476 e. The van der Waals surface area contributed by atoms with Crippen molar-refractivity contribution in [3.8, 4) is 0 Å². The molecule has 1 heterocycles. The molecule has 0 radical (unpaired) electrons. The third-order valence-corrected chi connectivity index (χ3v) is 4.29. The van der Waals surface area contributed by atoms with Crippen molar-refractivity contribution < 1.29 is 9.53 Å². The molecule has 1 aliphatic heterocycles. The second kappa shape index (κ2) is 9.43. The van der Waals surface area contributed by atoms with Gasteiger partial charge in [-0.05, 0) is 55.5 Å². The number of hydrogen-bond donors (Lipinski definition) is 0. The summed E-state index contributed by atoms with van der Waals surface area (Å²) in [6.07, 6.45) is 10.5. The molecule has 0 aliphatic carbocycles. The van der Waals surface area contributed by atoms with E-state index in [0.29, 0.717) is 18.1 Å². The molecule has 4 heteroatoms. The second-order valence-electron chi connectivity index (χ2n) is 5.99. The van der Waals surface area contributed by atoms with Crippen molar-refractivity contribution >= 4 is 22.7 Å². The van der Waals surface area contributed by atoms with Gasteiger partial charge in [0.25, 0.3) is 5.24 Å². The first-order valence-electron chi connectivity index (χ1n) is 8.44. The fraction of sp³-hybridized carbons (Fsp3) is 0.400. The topological polar surface area (TPSA) is 38.7 Å². The molecule has 0 saturated heterocycles. The summed E-state index contributed by atoms with van der Waals surface area (Å²) in [5.74, 6) is 0.692. The summed E-state index contributed by atoms with van der Waals surface area (Å²) in [4.78, 5) is 16.1. The quantitative estimate of drug-likeness (QED) is 0.631. The number of benzene rings is 1. The highest BCUT2D eigenvalue weighted by Gasteiger charge is 2.14. The highest BCUT2D eigenvalue weighted by atomic mass is 35.5. The van der Waals surface area contributed by atoms with Crippen LogP contribution in [-0.2, 0) is 17.8 Å². The van der Waals surface area contributed by atoms with Crippen molar-refractivity contribution in [1.82, 2.24) is 0 Å². The molecule has 0 bridgehead atoms. The maximum atomic E-state index is 11.7. The Morgan fingerprint density at radius 1 is 1.33 bits per heavy atom. The lowest BCUT2D eigenvalue weighted by Crippen LogP contribution is -2.10. The van der Waals surface area contributed by atoms with Gasteiger partial charge in [-0.15, -0.1) is 0 Å². The molecule has 1 aliphatic rings. The Morgan fingerprint density at radius 3 is 2.92 bits per heavy atom. The van der Waals surface area contributed by atoms with E-state index in [1.54, 1.807) is 12.3 Å². The molecule has 0 amide bonds. The summed E-state index contributed by atoms with van der Waals surface area (Å²) < 4.78 is 5.93. The predicted octanol–water partition coefficient (Wildman–Crippen LogP) is 5.58. The highest BCUT2D eigenvalue weighted by Crippen LogP contribution is 2.21. The van der Waals surface area contributed by atoms with Crippen LogP contribution in [0, 0.1) is 0 Å². The standard InChI is InChI=1S/C20H24ClNO2/c1-3-4-8-16-9-5-10-17(20(21)23)18(16)14-24-19-12-11-15(2)7-6-13-22-19/h5-7,9-10,13H,3-4,8,11-12,14H2,1-2H3/b13-6-,15-7-,22-19?.